The molecule has 0 unspecified atom stereocenters. The van der Waals surface area contributed by atoms with Crippen LogP contribution in [0.5, 0.6) is 23.0 Å². The zero-order valence-corrected chi connectivity index (χ0v) is 18.2. The fourth-order valence-electron chi connectivity index (χ4n) is 3.49. The second-order valence-electron chi connectivity index (χ2n) is 7.29. The number of methoxy groups -OCH3 is 2. The van der Waals surface area contributed by atoms with Gasteiger partial charge in [0.15, 0.2) is 28.8 Å². The van der Waals surface area contributed by atoms with E-state index in [4.69, 9.17) is 13.9 Å². The lowest BCUT2D eigenvalue weighted by molar-refractivity contribution is 0.0924. The van der Waals surface area contributed by atoms with Gasteiger partial charge in [0.25, 0.3) is 5.91 Å². The SMILES string of the molecule is COc1ccc(-c2cc(C(=O)NCc3ccccc3)oc2-c2ccc(OC)c(O)c2)cc1O. The number of rotatable bonds is 7. The predicted molar refractivity (Wildman–Crippen MR) is 124 cm³/mol. The zero-order valence-electron chi connectivity index (χ0n) is 18.2. The van der Waals surface area contributed by atoms with E-state index in [-0.39, 0.29) is 23.2 Å². The number of nitrogens with one attached hydrogen (secondary N) is 1. The summed E-state index contributed by atoms with van der Waals surface area (Å²) in [4.78, 5) is 12.8. The van der Waals surface area contributed by atoms with Gasteiger partial charge in [-0.3, -0.25) is 4.79 Å². The first-order valence-corrected chi connectivity index (χ1v) is 10.2. The number of carbonyl (C=O) groups is 1. The first-order valence-electron chi connectivity index (χ1n) is 10.2. The molecular weight excluding hydrogens is 422 g/mol. The highest BCUT2D eigenvalue weighted by molar-refractivity contribution is 5.95. The van der Waals surface area contributed by atoms with Gasteiger partial charge >= 0.3 is 0 Å². The molecule has 0 saturated heterocycles. The molecule has 0 atom stereocenters. The molecule has 33 heavy (non-hydrogen) atoms. The van der Waals surface area contributed by atoms with Crippen molar-refractivity contribution in [3.63, 3.8) is 0 Å². The summed E-state index contributed by atoms with van der Waals surface area (Å²) >= 11 is 0. The minimum Gasteiger partial charge on any atom is -0.504 e. The number of ether oxygens (including phenoxy) is 2. The molecule has 3 aromatic carbocycles. The lowest BCUT2D eigenvalue weighted by atomic mass is 10.0. The molecule has 0 fully saturated rings. The maximum absolute atomic E-state index is 12.8. The van der Waals surface area contributed by atoms with E-state index >= 15 is 0 Å². The molecule has 7 nitrogen and oxygen atoms in total. The van der Waals surface area contributed by atoms with Crippen LogP contribution in [0.25, 0.3) is 22.5 Å². The van der Waals surface area contributed by atoms with Crippen LogP contribution in [-0.2, 0) is 6.54 Å². The highest BCUT2D eigenvalue weighted by atomic mass is 16.5. The van der Waals surface area contributed by atoms with E-state index in [1.54, 1.807) is 30.3 Å². The molecule has 1 heterocycles. The number of benzene rings is 3. The van der Waals surface area contributed by atoms with Crippen LogP contribution in [0, 0.1) is 0 Å². The Morgan fingerprint density at radius 1 is 0.848 bits per heavy atom. The number of furan rings is 1. The fourth-order valence-corrected chi connectivity index (χ4v) is 3.49. The molecule has 0 saturated carbocycles. The van der Waals surface area contributed by atoms with Crippen molar-refractivity contribution in [3.8, 4) is 45.4 Å². The monoisotopic (exact) mass is 445 g/mol. The van der Waals surface area contributed by atoms with Crippen LogP contribution in [0.2, 0.25) is 0 Å². The lowest BCUT2D eigenvalue weighted by Gasteiger charge is -2.08. The number of phenols is 2. The van der Waals surface area contributed by atoms with Crippen molar-refractivity contribution in [2.45, 2.75) is 6.54 Å². The molecule has 7 heteroatoms. The van der Waals surface area contributed by atoms with Gasteiger partial charge in [0.2, 0.25) is 0 Å². The summed E-state index contributed by atoms with van der Waals surface area (Å²) in [6, 6.07) is 20.9. The van der Waals surface area contributed by atoms with Crippen LogP contribution in [0.3, 0.4) is 0 Å². The third-order valence-corrected chi connectivity index (χ3v) is 5.18. The molecule has 0 spiro atoms. The second-order valence-corrected chi connectivity index (χ2v) is 7.29. The van der Waals surface area contributed by atoms with Crippen molar-refractivity contribution in [2.75, 3.05) is 14.2 Å². The predicted octanol–water partition coefficient (Wildman–Crippen LogP) is 4.97. The summed E-state index contributed by atoms with van der Waals surface area (Å²) in [5.74, 6) is 0.604. The number of carbonyl (C=O) groups excluding carboxylic acids is 1. The Hall–Kier alpha value is -4.39. The second kappa shape index (κ2) is 9.40. The van der Waals surface area contributed by atoms with Crippen LogP contribution in [0.4, 0.5) is 0 Å². The third-order valence-electron chi connectivity index (χ3n) is 5.18. The van der Waals surface area contributed by atoms with E-state index in [0.717, 1.165) is 5.56 Å². The average Bonchev–Trinajstić information content (AvgIpc) is 3.29. The van der Waals surface area contributed by atoms with E-state index in [2.05, 4.69) is 5.32 Å². The molecule has 3 N–H and O–H groups in total. The molecule has 0 aliphatic carbocycles. The van der Waals surface area contributed by atoms with Crippen LogP contribution >= 0.6 is 0 Å². The van der Waals surface area contributed by atoms with Crippen molar-refractivity contribution in [3.05, 3.63) is 84.1 Å². The number of hydrogen-bond acceptors (Lipinski definition) is 6. The number of phenolic OH excluding ortho intramolecular Hbond substituents is 2. The van der Waals surface area contributed by atoms with Crippen molar-refractivity contribution in [2.24, 2.45) is 0 Å². The molecule has 0 radical (unpaired) electrons. The van der Waals surface area contributed by atoms with E-state index < -0.39 is 0 Å². The Morgan fingerprint density at radius 2 is 1.45 bits per heavy atom. The lowest BCUT2D eigenvalue weighted by Crippen LogP contribution is -2.22. The molecule has 1 aromatic heterocycles. The summed E-state index contributed by atoms with van der Waals surface area (Å²) < 4.78 is 16.2. The molecule has 0 aliphatic rings. The van der Waals surface area contributed by atoms with E-state index in [0.29, 0.717) is 40.5 Å². The maximum atomic E-state index is 12.8. The van der Waals surface area contributed by atoms with Gasteiger partial charge in [-0.2, -0.15) is 0 Å². The van der Waals surface area contributed by atoms with Gasteiger partial charge in [0.05, 0.1) is 14.2 Å². The van der Waals surface area contributed by atoms with Gasteiger partial charge in [0.1, 0.15) is 5.76 Å². The van der Waals surface area contributed by atoms with Crippen molar-refractivity contribution in [1.82, 2.24) is 5.32 Å². The van der Waals surface area contributed by atoms with Crippen molar-refractivity contribution in [1.29, 1.82) is 0 Å². The quantitative estimate of drug-likeness (QED) is 0.371. The van der Waals surface area contributed by atoms with Gasteiger partial charge in [-0.05, 0) is 47.5 Å². The van der Waals surface area contributed by atoms with Crippen LogP contribution in [-0.4, -0.2) is 30.3 Å². The zero-order chi connectivity index (χ0) is 23.4. The topological polar surface area (TPSA) is 101 Å². The number of hydrogen-bond donors (Lipinski definition) is 3. The highest BCUT2D eigenvalue weighted by Crippen LogP contribution is 2.40. The van der Waals surface area contributed by atoms with E-state index in [1.165, 1.54) is 26.4 Å². The molecule has 0 bridgehead atoms. The molecule has 168 valence electrons. The van der Waals surface area contributed by atoms with Gasteiger partial charge in [-0.15, -0.1) is 0 Å². The van der Waals surface area contributed by atoms with Gasteiger partial charge in [-0.1, -0.05) is 36.4 Å². The van der Waals surface area contributed by atoms with Crippen LogP contribution in [0.1, 0.15) is 16.1 Å². The third kappa shape index (κ3) is 4.62. The Balaban J connectivity index is 1.73. The Kier molecular flexibility index (Phi) is 6.22. The van der Waals surface area contributed by atoms with Crippen LogP contribution in [0.15, 0.2) is 77.2 Å². The summed E-state index contributed by atoms with van der Waals surface area (Å²) in [6.07, 6.45) is 0. The standard InChI is InChI=1S/C26H23NO6/c1-31-22-10-8-17(12-20(22)28)19-14-24(26(30)27-15-16-6-4-3-5-7-16)33-25(19)18-9-11-23(32-2)21(29)13-18/h3-14,28-29H,15H2,1-2H3,(H,27,30). The minimum atomic E-state index is -0.387. The summed E-state index contributed by atoms with van der Waals surface area (Å²) in [5, 5.41) is 23.4. The Bertz CT molecular complexity index is 1210. The van der Waals surface area contributed by atoms with Crippen molar-refractivity contribution < 1.29 is 28.9 Å². The highest BCUT2D eigenvalue weighted by Gasteiger charge is 2.21. The minimum absolute atomic E-state index is 0.0465. The van der Waals surface area contributed by atoms with Crippen molar-refractivity contribution >= 4 is 5.91 Å². The normalized spacial score (nSPS) is 10.6. The first-order chi connectivity index (χ1) is 16.0. The molecule has 1 amide bonds. The van der Waals surface area contributed by atoms with E-state index in [1.807, 2.05) is 30.3 Å². The number of aromatic hydroxyl groups is 2. The smallest absolute Gasteiger partial charge is 0.287 e. The number of amides is 1. The average molecular weight is 445 g/mol. The van der Waals surface area contributed by atoms with Gasteiger partial charge in [-0.25, -0.2) is 0 Å². The molecule has 4 aromatic rings. The Morgan fingerprint density at radius 3 is 2.06 bits per heavy atom. The van der Waals surface area contributed by atoms with Gasteiger partial charge < -0.3 is 29.4 Å². The fraction of sp³-hybridized carbons (Fsp3) is 0.115. The van der Waals surface area contributed by atoms with Crippen LogP contribution < -0.4 is 14.8 Å². The maximum Gasteiger partial charge on any atom is 0.287 e. The largest absolute Gasteiger partial charge is 0.504 e. The molecular formula is C26H23NO6. The summed E-state index contributed by atoms with van der Waals surface area (Å²) in [6.45, 7) is 0.345. The molecule has 0 aliphatic heterocycles. The molecule has 4 rings (SSSR count). The Labute approximate surface area is 190 Å². The van der Waals surface area contributed by atoms with Gasteiger partial charge in [0, 0.05) is 17.7 Å². The summed E-state index contributed by atoms with van der Waals surface area (Å²) in [5.41, 5.74) is 2.69. The summed E-state index contributed by atoms with van der Waals surface area (Å²) in [7, 11) is 2.93. The van der Waals surface area contributed by atoms with E-state index in [9.17, 15) is 15.0 Å². The first kappa shape index (κ1) is 21.8.